The van der Waals surface area contributed by atoms with Crippen molar-refractivity contribution in [3.8, 4) is 0 Å². The molecule has 0 spiro atoms. The molecule has 1 saturated carbocycles. The summed E-state index contributed by atoms with van der Waals surface area (Å²) in [5, 5.41) is 14.0. The Bertz CT molecular complexity index is 328. The maximum atomic E-state index is 11.6. The Labute approximate surface area is 108 Å². The second-order valence-electron chi connectivity index (χ2n) is 4.81. The van der Waals surface area contributed by atoms with Crippen molar-refractivity contribution in [3.05, 3.63) is 12.2 Å². The highest BCUT2D eigenvalue weighted by Gasteiger charge is 2.32. The lowest BCUT2D eigenvalue weighted by Crippen LogP contribution is -2.43. The van der Waals surface area contributed by atoms with Gasteiger partial charge in [-0.1, -0.05) is 26.3 Å². The molecule has 1 aliphatic rings. The van der Waals surface area contributed by atoms with E-state index in [2.05, 4.69) is 24.5 Å². The normalized spacial score (nSPS) is 27.3. The highest BCUT2D eigenvalue weighted by atomic mass is 16.4. The van der Waals surface area contributed by atoms with Gasteiger partial charge in [0.1, 0.15) is 0 Å². The minimum atomic E-state index is -1.01. The average molecular weight is 254 g/mol. The highest BCUT2D eigenvalue weighted by molar-refractivity contribution is 5.80. The number of aliphatic carboxylic acids is 1. The van der Waals surface area contributed by atoms with Gasteiger partial charge in [0.2, 0.25) is 0 Å². The molecule has 1 rings (SSSR count). The summed E-state index contributed by atoms with van der Waals surface area (Å²) in [6.07, 6.45) is 5.78. The van der Waals surface area contributed by atoms with Crippen LogP contribution in [-0.2, 0) is 4.79 Å². The van der Waals surface area contributed by atoms with Gasteiger partial charge in [-0.3, -0.25) is 0 Å². The van der Waals surface area contributed by atoms with Gasteiger partial charge in [-0.2, -0.15) is 0 Å². The van der Waals surface area contributed by atoms with Crippen molar-refractivity contribution in [3.63, 3.8) is 0 Å². The first-order valence-electron chi connectivity index (χ1n) is 6.48. The molecule has 5 nitrogen and oxygen atoms in total. The first-order valence-corrected chi connectivity index (χ1v) is 6.48. The molecule has 2 amide bonds. The van der Waals surface area contributed by atoms with Crippen LogP contribution in [-0.4, -0.2) is 29.7 Å². The van der Waals surface area contributed by atoms with E-state index < -0.39 is 5.97 Å². The molecular weight excluding hydrogens is 232 g/mol. The molecule has 1 fully saturated rings. The predicted molar refractivity (Wildman–Crippen MR) is 69.3 cm³/mol. The van der Waals surface area contributed by atoms with E-state index >= 15 is 0 Å². The van der Waals surface area contributed by atoms with Crippen LogP contribution in [0.15, 0.2) is 12.2 Å². The van der Waals surface area contributed by atoms with Gasteiger partial charge in [0, 0.05) is 18.7 Å². The van der Waals surface area contributed by atoms with Crippen molar-refractivity contribution in [2.24, 2.45) is 11.8 Å². The number of urea groups is 1. The molecule has 0 saturated heterocycles. The Morgan fingerprint density at radius 2 is 2.11 bits per heavy atom. The average Bonchev–Trinajstić information content (AvgIpc) is 2.66. The van der Waals surface area contributed by atoms with Crippen molar-refractivity contribution in [1.82, 2.24) is 10.6 Å². The van der Waals surface area contributed by atoms with Gasteiger partial charge in [-0.05, 0) is 24.7 Å². The maximum Gasteiger partial charge on any atom is 0.328 e. The lowest BCUT2D eigenvalue weighted by Gasteiger charge is -2.20. The number of rotatable bonds is 5. The number of amides is 2. The Morgan fingerprint density at radius 1 is 1.39 bits per heavy atom. The van der Waals surface area contributed by atoms with Crippen molar-refractivity contribution in [2.75, 3.05) is 6.54 Å². The molecule has 0 aromatic heterocycles. The van der Waals surface area contributed by atoms with Gasteiger partial charge in [0.05, 0.1) is 0 Å². The Hall–Kier alpha value is -1.52. The van der Waals surface area contributed by atoms with Crippen LogP contribution in [0, 0.1) is 11.8 Å². The quantitative estimate of drug-likeness (QED) is 0.654. The molecule has 0 aromatic rings. The van der Waals surface area contributed by atoms with E-state index in [0.29, 0.717) is 11.8 Å². The van der Waals surface area contributed by atoms with Crippen LogP contribution >= 0.6 is 0 Å². The number of hydrogen-bond acceptors (Lipinski definition) is 2. The number of carbonyl (C=O) groups is 2. The molecule has 3 unspecified atom stereocenters. The summed E-state index contributed by atoms with van der Waals surface area (Å²) in [4.78, 5) is 21.8. The van der Waals surface area contributed by atoms with E-state index in [1.54, 1.807) is 0 Å². The van der Waals surface area contributed by atoms with Gasteiger partial charge >= 0.3 is 12.0 Å². The van der Waals surface area contributed by atoms with Crippen molar-refractivity contribution in [1.29, 1.82) is 0 Å². The molecule has 0 aromatic carbocycles. The molecule has 1 aliphatic carbocycles. The lowest BCUT2D eigenvalue weighted by molar-refractivity contribution is -0.131. The Balaban J connectivity index is 2.26. The minimum Gasteiger partial charge on any atom is -0.478 e. The lowest BCUT2D eigenvalue weighted by atomic mass is 9.94. The topological polar surface area (TPSA) is 78.4 Å². The number of carboxylic acids is 1. The summed E-state index contributed by atoms with van der Waals surface area (Å²) >= 11 is 0. The first-order chi connectivity index (χ1) is 8.54. The molecule has 0 heterocycles. The number of nitrogens with one attached hydrogen (secondary N) is 2. The van der Waals surface area contributed by atoms with Crippen molar-refractivity contribution < 1.29 is 14.7 Å². The zero-order valence-corrected chi connectivity index (χ0v) is 11.0. The van der Waals surface area contributed by atoms with Gasteiger partial charge < -0.3 is 15.7 Å². The van der Waals surface area contributed by atoms with Crippen LogP contribution in [0.25, 0.3) is 0 Å². The SMILES string of the molecule is CCC1CCC(NC(=O)NC/C=C/C(=O)O)C1C. The molecule has 18 heavy (non-hydrogen) atoms. The monoisotopic (exact) mass is 254 g/mol. The largest absolute Gasteiger partial charge is 0.478 e. The van der Waals surface area contributed by atoms with Gasteiger partial charge in [0.15, 0.2) is 0 Å². The number of carbonyl (C=O) groups excluding carboxylic acids is 1. The standard InChI is InChI=1S/C13H22N2O3/c1-3-10-6-7-11(9(10)2)15-13(18)14-8-4-5-12(16)17/h4-5,9-11H,3,6-8H2,1-2H3,(H,16,17)(H2,14,15,18)/b5-4+. The zero-order chi connectivity index (χ0) is 13.5. The Morgan fingerprint density at radius 3 is 2.67 bits per heavy atom. The van der Waals surface area contributed by atoms with E-state index in [4.69, 9.17) is 5.11 Å². The van der Waals surface area contributed by atoms with Gasteiger partial charge in [-0.25, -0.2) is 9.59 Å². The van der Waals surface area contributed by atoms with Crippen molar-refractivity contribution in [2.45, 2.75) is 39.2 Å². The van der Waals surface area contributed by atoms with Crippen LogP contribution < -0.4 is 10.6 Å². The smallest absolute Gasteiger partial charge is 0.328 e. The predicted octanol–water partition coefficient (Wildman–Crippen LogP) is 1.75. The van der Waals surface area contributed by atoms with Crippen LogP contribution in [0.4, 0.5) is 4.79 Å². The maximum absolute atomic E-state index is 11.6. The summed E-state index contributed by atoms with van der Waals surface area (Å²) in [7, 11) is 0. The fourth-order valence-electron chi connectivity index (χ4n) is 2.56. The molecule has 3 atom stereocenters. The van der Waals surface area contributed by atoms with Crippen LogP contribution in [0.1, 0.15) is 33.1 Å². The fourth-order valence-corrected chi connectivity index (χ4v) is 2.56. The van der Waals surface area contributed by atoms with Crippen LogP contribution in [0.5, 0.6) is 0 Å². The highest BCUT2D eigenvalue weighted by Crippen LogP contribution is 2.33. The van der Waals surface area contributed by atoms with E-state index in [0.717, 1.165) is 18.9 Å². The summed E-state index contributed by atoms with van der Waals surface area (Å²) in [6, 6.07) is 0.0112. The van der Waals surface area contributed by atoms with E-state index in [1.807, 2.05) is 0 Å². The summed E-state index contributed by atoms with van der Waals surface area (Å²) in [5.74, 6) is 0.199. The van der Waals surface area contributed by atoms with Crippen LogP contribution in [0.2, 0.25) is 0 Å². The summed E-state index contributed by atoms with van der Waals surface area (Å²) < 4.78 is 0. The minimum absolute atomic E-state index is 0.223. The molecular formula is C13H22N2O3. The third kappa shape index (κ3) is 4.39. The molecule has 0 aliphatic heterocycles. The summed E-state index contributed by atoms with van der Waals surface area (Å²) in [5.41, 5.74) is 0. The molecule has 0 radical (unpaired) electrons. The van der Waals surface area contributed by atoms with Gasteiger partial charge in [0.25, 0.3) is 0 Å². The number of hydrogen-bond donors (Lipinski definition) is 3. The van der Waals surface area contributed by atoms with E-state index in [-0.39, 0.29) is 18.6 Å². The van der Waals surface area contributed by atoms with Crippen LogP contribution in [0.3, 0.4) is 0 Å². The van der Waals surface area contributed by atoms with E-state index in [9.17, 15) is 9.59 Å². The Kier molecular flexibility index (Phi) is 5.68. The fraction of sp³-hybridized carbons (Fsp3) is 0.692. The molecule has 5 heteroatoms. The van der Waals surface area contributed by atoms with Crippen molar-refractivity contribution >= 4 is 12.0 Å². The van der Waals surface area contributed by atoms with Gasteiger partial charge in [-0.15, -0.1) is 0 Å². The zero-order valence-electron chi connectivity index (χ0n) is 11.0. The third-order valence-corrected chi connectivity index (χ3v) is 3.71. The molecule has 0 bridgehead atoms. The first kappa shape index (κ1) is 14.5. The number of carboxylic acid groups (broad SMARTS) is 1. The molecule has 102 valence electrons. The molecule has 3 N–H and O–H groups in total. The summed E-state index contributed by atoms with van der Waals surface area (Å²) in [6.45, 7) is 4.59. The second kappa shape index (κ2) is 7.03. The second-order valence-corrected chi connectivity index (χ2v) is 4.81. The third-order valence-electron chi connectivity index (χ3n) is 3.71. The van der Waals surface area contributed by atoms with E-state index in [1.165, 1.54) is 12.5 Å².